The maximum absolute atomic E-state index is 10.3. The molecule has 0 amide bonds. The molecule has 4 heteroatoms. The molecule has 3 atom stereocenters. The SMILES string of the molecule is O=C(O)CSC[C@H]1CN2CC[C@@H]1C2. The molecule has 0 saturated carbocycles. The van der Waals surface area contributed by atoms with Gasteiger partial charge in [-0.25, -0.2) is 0 Å². The van der Waals surface area contributed by atoms with Gasteiger partial charge in [0.1, 0.15) is 0 Å². The summed E-state index contributed by atoms with van der Waals surface area (Å²) in [6, 6.07) is 0. The van der Waals surface area contributed by atoms with E-state index in [9.17, 15) is 4.79 Å². The Morgan fingerprint density at radius 2 is 2.38 bits per heavy atom. The maximum Gasteiger partial charge on any atom is 0.313 e. The van der Waals surface area contributed by atoms with Crippen molar-refractivity contribution in [3.63, 3.8) is 0 Å². The fourth-order valence-electron chi connectivity index (χ4n) is 2.38. The molecule has 2 fully saturated rings. The molecule has 0 aromatic carbocycles. The molecule has 0 spiro atoms. The summed E-state index contributed by atoms with van der Waals surface area (Å²) < 4.78 is 0. The predicted octanol–water partition coefficient (Wildman–Crippen LogP) is 0.756. The van der Waals surface area contributed by atoms with E-state index in [1.165, 1.54) is 26.1 Å². The average molecular weight is 201 g/mol. The van der Waals surface area contributed by atoms with Gasteiger partial charge in [-0.2, -0.15) is 0 Å². The standard InChI is InChI=1S/C9H15NO2S/c11-9(12)6-13-5-8-4-10-2-1-7(8)3-10/h7-8H,1-6H2,(H,11,12)/t7-,8-/m1/s1. The average Bonchev–Trinajstić information content (AvgIpc) is 2.64. The maximum atomic E-state index is 10.3. The smallest absolute Gasteiger partial charge is 0.313 e. The quantitative estimate of drug-likeness (QED) is 0.729. The first kappa shape index (κ1) is 9.34. The Labute approximate surface area is 82.5 Å². The second kappa shape index (κ2) is 3.88. The summed E-state index contributed by atoms with van der Waals surface area (Å²) in [6.07, 6.45) is 1.33. The molecule has 3 nitrogen and oxygen atoms in total. The van der Waals surface area contributed by atoms with Crippen LogP contribution in [0.1, 0.15) is 6.42 Å². The molecular formula is C9H15NO2S. The lowest BCUT2D eigenvalue weighted by molar-refractivity contribution is -0.133. The van der Waals surface area contributed by atoms with Gasteiger partial charge < -0.3 is 10.0 Å². The number of rotatable bonds is 4. The Morgan fingerprint density at radius 1 is 1.54 bits per heavy atom. The number of carboxylic acid groups (broad SMARTS) is 1. The van der Waals surface area contributed by atoms with Crippen molar-refractivity contribution in [3.05, 3.63) is 0 Å². The molecule has 2 aliphatic heterocycles. The molecule has 74 valence electrons. The van der Waals surface area contributed by atoms with Gasteiger partial charge in [0.15, 0.2) is 0 Å². The van der Waals surface area contributed by atoms with Gasteiger partial charge in [-0.05, 0) is 30.6 Å². The van der Waals surface area contributed by atoms with Crippen LogP contribution < -0.4 is 0 Å². The highest BCUT2D eigenvalue weighted by Crippen LogP contribution is 2.34. The molecule has 2 rings (SSSR count). The number of thioether (sulfide) groups is 1. The first-order chi connectivity index (χ1) is 6.25. The van der Waals surface area contributed by atoms with Crippen molar-refractivity contribution in [3.8, 4) is 0 Å². The Bertz CT molecular complexity index is 210. The Balaban J connectivity index is 1.68. The summed E-state index contributed by atoms with van der Waals surface area (Å²) in [5.41, 5.74) is 0. The summed E-state index contributed by atoms with van der Waals surface area (Å²) in [6.45, 7) is 3.74. The molecule has 2 saturated heterocycles. The number of fused-ring (bicyclic) bond motifs is 2. The van der Waals surface area contributed by atoms with Crippen molar-refractivity contribution in [1.82, 2.24) is 4.90 Å². The van der Waals surface area contributed by atoms with Gasteiger partial charge in [-0.1, -0.05) is 0 Å². The topological polar surface area (TPSA) is 40.5 Å². The lowest BCUT2D eigenvalue weighted by Gasteiger charge is -2.21. The van der Waals surface area contributed by atoms with Gasteiger partial charge in [0, 0.05) is 13.1 Å². The van der Waals surface area contributed by atoms with Gasteiger partial charge >= 0.3 is 5.97 Å². The van der Waals surface area contributed by atoms with Gasteiger partial charge in [0.25, 0.3) is 0 Å². The van der Waals surface area contributed by atoms with E-state index in [-0.39, 0.29) is 5.75 Å². The lowest BCUT2D eigenvalue weighted by atomic mass is 9.95. The molecule has 0 aliphatic carbocycles. The van der Waals surface area contributed by atoms with Gasteiger partial charge in [0.05, 0.1) is 5.75 Å². The zero-order chi connectivity index (χ0) is 9.26. The highest BCUT2D eigenvalue weighted by Gasteiger charge is 2.37. The third-order valence-electron chi connectivity index (χ3n) is 3.03. The van der Waals surface area contributed by atoms with Crippen LogP contribution in [-0.2, 0) is 4.79 Å². The van der Waals surface area contributed by atoms with Gasteiger partial charge in [0.2, 0.25) is 0 Å². The second-order valence-corrected chi connectivity index (χ2v) is 5.01. The Hall–Kier alpha value is -0.220. The zero-order valence-corrected chi connectivity index (χ0v) is 8.42. The fraction of sp³-hybridized carbons (Fsp3) is 0.889. The van der Waals surface area contributed by atoms with Crippen LogP contribution in [0.15, 0.2) is 0 Å². The molecule has 13 heavy (non-hydrogen) atoms. The zero-order valence-electron chi connectivity index (χ0n) is 7.61. The van der Waals surface area contributed by atoms with Crippen molar-refractivity contribution in [1.29, 1.82) is 0 Å². The molecule has 2 heterocycles. The van der Waals surface area contributed by atoms with Crippen LogP contribution in [0.4, 0.5) is 0 Å². The molecule has 2 aliphatic rings. The predicted molar refractivity (Wildman–Crippen MR) is 53.0 cm³/mol. The van der Waals surface area contributed by atoms with E-state index in [4.69, 9.17) is 5.11 Å². The molecule has 0 aromatic rings. The lowest BCUT2D eigenvalue weighted by Crippen LogP contribution is -2.25. The van der Waals surface area contributed by atoms with Crippen LogP contribution in [-0.4, -0.2) is 47.1 Å². The number of nitrogens with zero attached hydrogens (tertiary/aromatic N) is 1. The number of carbonyl (C=O) groups is 1. The molecular weight excluding hydrogens is 186 g/mol. The highest BCUT2D eigenvalue weighted by molar-refractivity contribution is 7.99. The Morgan fingerprint density at radius 3 is 2.92 bits per heavy atom. The summed E-state index contributed by atoms with van der Waals surface area (Å²) in [5, 5.41) is 8.49. The number of hydrogen-bond acceptors (Lipinski definition) is 3. The number of piperidine rings is 1. The van der Waals surface area contributed by atoms with Crippen molar-refractivity contribution >= 4 is 17.7 Å². The van der Waals surface area contributed by atoms with Gasteiger partial charge in [-0.15, -0.1) is 11.8 Å². The third-order valence-corrected chi connectivity index (χ3v) is 4.14. The number of aliphatic carboxylic acids is 1. The van der Waals surface area contributed by atoms with E-state index < -0.39 is 5.97 Å². The molecule has 1 unspecified atom stereocenters. The molecule has 0 radical (unpaired) electrons. The summed E-state index contributed by atoms with van der Waals surface area (Å²) >= 11 is 1.57. The van der Waals surface area contributed by atoms with Crippen molar-refractivity contribution in [2.24, 2.45) is 11.8 Å². The molecule has 1 N–H and O–H groups in total. The number of carboxylic acids is 1. The minimum atomic E-state index is -0.687. The van der Waals surface area contributed by atoms with E-state index in [0.717, 1.165) is 17.6 Å². The minimum absolute atomic E-state index is 0.267. The highest BCUT2D eigenvalue weighted by atomic mass is 32.2. The minimum Gasteiger partial charge on any atom is -0.481 e. The summed E-state index contributed by atoms with van der Waals surface area (Å²) in [4.78, 5) is 12.8. The van der Waals surface area contributed by atoms with E-state index in [0.29, 0.717) is 0 Å². The first-order valence-corrected chi connectivity index (χ1v) is 5.93. The van der Waals surface area contributed by atoms with Crippen LogP contribution in [0, 0.1) is 11.8 Å². The van der Waals surface area contributed by atoms with Crippen molar-refractivity contribution in [2.75, 3.05) is 31.1 Å². The normalized spacial score (nSPS) is 36.8. The van der Waals surface area contributed by atoms with E-state index >= 15 is 0 Å². The molecule has 0 aromatic heterocycles. The first-order valence-electron chi connectivity index (χ1n) is 4.77. The third kappa shape index (κ3) is 2.17. The van der Waals surface area contributed by atoms with Crippen LogP contribution in [0.25, 0.3) is 0 Å². The fourth-order valence-corrected chi connectivity index (χ4v) is 3.35. The van der Waals surface area contributed by atoms with Crippen LogP contribution >= 0.6 is 11.8 Å². The largest absolute Gasteiger partial charge is 0.481 e. The summed E-state index contributed by atoms with van der Waals surface area (Å²) in [7, 11) is 0. The Kier molecular flexibility index (Phi) is 2.79. The van der Waals surface area contributed by atoms with E-state index in [1.807, 2.05) is 0 Å². The summed E-state index contributed by atoms with van der Waals surface area (Å²) in [5.74, 6) is 2.24. The van der Waals surface area contributed by atoms with E-state index in [1.54, 1.807) is 11.8 Å². The van der Waals surface area contributed by atoms with Crippen LogP contribution in [0.2, 0.25) is 0 Å². The van der Waals surface area contributed by atoms with Gasteiger partial charge in [-0.3, -0.25) is 4.79 Å². The number of hydrogen-bond donors (Lipinski definition) is 1. The van der Waals surface area contributed by atoms with E-state index in [2.05, 4.69) is 4.90 Å². The van der Waals surface area contributed by atoms with Crippen LogP contribution in [0.3, 0.4) is 0 Å². The second-order valence-electron chi connectivity index (χ2n) is 3.98. The van der Waals surface area contributed by atoms with Crippen molar-refractivity contribution < 1.29 is 9.90 Å². The van der Waals surface area contributed by atoms with Crippen molar-refractivity contribution in [2.45, 2.75) is 6.42 Å². The molecule has 2 bridgehead atoms. The monoisotopic (exact) mass is 201 g/mol. The van der Waals surface area contributed by atoms with Crippen LogP contribution in [0.5, 0.6) is 0 Å².